The molecule has 3 rings (SSSR count). The van der Waals surface area contributed by atoms with Crippen molar-refractivity contribution in [2.45, 2.75) is 39.3 Å². The van der Waals surface area contributed by atoms with Crippen LogP contribution in [-0.4, -0.2) is 26.2 Å². The summed E-state index contributed by atoms with van der Waals surface area (Å²) < 4.78 is 35.0. The molecule has 0 aliphatic heterocycles. The lowest BCUT2D eigenvalue weighted by Crippen LogP contribution is -2.37. The molecule has 0 aliphatic carbocycles. The molecule has 1 aromatic carbocycles. The number of ether oxygens (including phenoxy) is 1. The molecule has 0 saturated carbocycles. The molecule has 0 aliphatic rings. The van der Waals surface area contributed by atoms with Crippen LogP contribution in [0.2, 0.25) is 0 Å². The van der Waals surface area contributed by atoms with Crippen molar-refractivity contribution in [3.63, 3.8) is 0 Å². The first-order valence-electron chi connectivity index (χ1n) is 8.89. The monoisotopic (exact) mass is 402 g/mol. The smallest absolute Gasteiger partial charge is 0.408 e. The van der Waals surface area contributed by atoms with E-state index in [-0.39, 0.29) is 5.82 Å². The third kappa shape index (κ3) is 4.23. The molecule has 0 spiro atoms. The second-order valence-corrected chi connectivity index (χ2v) is 7.44. The topological polar surface area (TPSA) is 86.1 Å². The first kappa shape index (κ1) is 20.4. The molecule has 7 nitrogen and oxygen atoms in total. The molecule has 0 unspecified atom stereocenters. The number of aromatic nitrogens is 3. The van der Waals surface area contributed by atoms with Crippen LogP contribution in [0.1, 0.15) is 39.6 Å². The summed E-state index contributed by atoms with van der Waals surface area (Å²) in [7, 11) is 0. The van der Waals surface area contributed by atoms with Crippen LogP contribution in [0.15, 0.2) is 41.5 Å². The van der Waals surface area contributed by atoms with Gasteiger partial charge in [-0.05, 0) is 52.0 Å². The fraction of sp³-hybridized carbons (Fsp3) is 0.300. The van der Waals surface area contributed by atoms with E-state index in [2.05, 4.69) is 15.3 Å². The highest BCUT2D eigenvalue weighted by Crippen LogP contribution is 2.21. The molecule has 0 bridgehead atoms. The van der Waals surface area contributed by atoms with E-state index >= 15 is 0 Å². The van der Waals surface area contributed by atoms with E-state index in [1.807, 2.05) is 0 Å². The Kier molecular flexibility index (Phi) is 5.32. The molecule has 1 atom stereocenters. The van der Waals surface area contributed by atoms with E-state index in [0.29, 0.717) is 5.69 Å². The molecule has 2 aromatic heterocycles. The van der Waals surface area contributed by atoms with E-state index in [0.717, 1.165) is 16.7 Å². The molecular formula is C20H20F2N4O3. The largest absolute Gasteiger partial charge is 0.444 e. The maximum Gasteiger partial charge on any atom is 0.408 e. The minimum Gasteiger partial charge on any atom is -0.444 e. The van der Waals surface area contributed by atoms with Gasteiger partial charge in [-0.25, -0.2) is 18.6 Å². The fourth-order valence-corrected chi connectivity index (χ4v) is 2.81. The van der Waals surface area contributed by atoms with Crippen molar-refractivity contribution < 1.29 is 18.3 Å². The molecule has 1 N–H and O–H groups in total. The number of nitrogens with one attached hydrogen (secondary N) is 1. The van der Waals surface area contributed by atoms with Crippen LogP contribution in [0, 0.1) is 11.6 Å². The van der Waals surface area contributed by atoms with Crippen LogP contribution in [-0.2, 0) is 4.74 Å². The van der Waals surface area contributed by atoms with Crippen molar-refractivity contribution in [2.24, 2.45) is 0 Å². The molecule has 9 heteroatoms. The number of amides is 1. The molecule has 3 aromatic rings. The van der Waals surface area contributed by atoms with E-state index in [4.69, 9.17) is 4.74 Å². The normalized spacial score (nSPS) is 12.6. The van der Waals surface area contributed by atoms with Crippen LogP contribution in [0.25, 0.3) is 16.6 Å². The van der Waals surface area contributed by atoms with Gasteiger partial charge in [0.15, 0.2) is 0 Å². The van der Waals surface area contributed by atoms with E-state index in [1.165, 1.54) is 12.4 Å². The van der Waals surface area contributed by atoms with Crippen LogP contribution in [0.4, 0.5) is 13.6 Å². The minimum atomic E-state index is -0.893. The van der Waals surface area contributed by atoms with Gasteiger partial charge in [0, 0.05) is 6.20 Å². The highest BCUT2D eigenvalue weighted by molar-refractivity contribution is 5.79. The summed E-state index contributed by atoms with van der Waals surface area (Å²) in [4.78, 5) is 33.4. The van der Waals surface area contributed by atoms with Crippen LogP contribution in [0.5, 0.6) is 0 Å². The number of alkyl carbamates (subject to hydrolysis) is 1. The van der Waals surface area contributed by atoms with Crippen molar-refractivity contribution in [1.29, 1.82) is 0 Å². The SMILES string of the molecule is C[C@H](NC(=O)OC(C)(C)C)c1nc2c(F)ccc(F)c2c(=O)n1-c1cccnc1. The Labute approximate surface area is 165 Å². The molecule has 2 heterocycles. The first-order valence-corrected chi connectivity index (χ1v) is 8.89. The van der Waals surface area contributed by atoms with Crippen molar-refractivity contribution >= 4 is 17.0 Å². The number of carbonyl (C=O) groups excluding carboxylic acids is 1. The third-order valence-electron chi connectivity index (χ3n) is 3.97. The maximum absolute atomic E-state index is 14.3. The Morgan fingerprint density at radius 1 is 1.21 bits per heavy atom. The summed E-state index contributed by atoms with van der Waals surface area (Å²) in [6, 6.07) is 4.07. The average molecular weight is 402 g/mol. The predicted octanol–water partition coefficient (Wildman–Crippen LogP) is 3.64. The molecular weight excluding hydrogens is 382 g/mol. The zero-order chi connectivity index (χ0) is 21.3. The van der Waals surface area contributed by atoms with Crippen LogP contribution in [0.3, 0.4) is 0 Å². The van der Waals surface area contributed by atoms with Crippen molar-refractivity contribution in [3.05, 3.63) is 64.5 Å². The van der Waals surface area contributed by atoms with Crippen molar-refractivity contribution in [2.75, 3.05) is 0 Å². The molecule has 0 saturated heterocycles. The second kappa shape index (κ2) is 7.57. The van der Waals surface area contributed by atoms with Crippen LogP contribution >= 0.6 is 0 Å². The Bertz CT molecular complexity index is 1120. The van der Waals surface area contributed by atoms with Gasteiger partial charge in [0.1, 0.15) is 34.0 Å². The Morgan fingerprint density at radius 3 is 2.52 bits per heavy atom. The van der Waals surface area contributed by atoms with E-state index in [9.17, 15) is 18.4 Å². The second-order valence-electron chi connectivity index (χ2n) is 7.44. The molecule has 0 fully saturated rings. The van der Waals surface area contributed by atoms with E-state index < -0.39 is 45.8 Å². The molecule has 29 heavy (non-hydrogen) atoms. The standard InChI is InChI=1S/C20H20F2N4O3/c1-11(24-19(28)29-20(2,3)4)17-25-16-14(22)8-7-13(21)15(16)18(27)26(17)12-6-5-9-23-10-12/h5-11H,1-4H3,(H,24,28)/t11-/m0/s1. The summed E-state index contributed by atoms with van der Waals surface area (Å²) >= 11 is 0. The maximum atomic E-state index is 14.3. The summed E-state index contributed by atoms with van der Waals surface area (Å²) in [5.74, 6) is -1.73. The van der Waals surface area contributed by atoms with Crippen molar-refractivity contribution in [3.8, 4) is 5.69 Å². The minimum absolute atomic E-state index is 0.00543. The van der Waals surface area contributed by atoms with Gasteiger partial charge in [-0.1, -0.05) is 0 Å². The summed E-state index contributed by atoms with van der Waals surface area (Å²) in [5, 5.41) is 2.08. The van der Waals surface area contributed by atoms with Gasteiger partial charge in [0.05, 0.1) is 17.9 Å². The summed E-state index contributed by atoms with van der Waals surface area (Å²) in [6.07, 6.45) is 2.15. The van der Waals surface area contributed by atoms with Gasteiger partial charge in [0.2, 0.25) is 0 Å². The lowest BCUT2D eigenvalue weighted by molar-refractivity contribution is 0.0505. The molecule has 0 radical (unpaired) electrons. The van der Waals surface area contributed by atoms with Gasteiger partial charge in [-0.2, -0.15) is 0 Å². The number of nitrogens with zero attached hydrogens (tertiary/aromatic N) is 3. The summed E-state index contributed by atoms with van der Waals surface area (Å²) in [6.45, 7) is 6.67. The predicted molar refractivity (Wildman–Crippen MR) is 103 cm³/mol. The first-order chi connectivity index (χ1) is 13.6. The van der Waals surface area contributed by atoms with Gasteiger partial charge in [-0.15, -0.1) is 0 Å². The number of pyridine rings is 1. The highest BCUT2D eigenvalue weighted by Gasteiger charge is 2.24. The summed E-state index contributed by atoms with van der Waals surface area (Å²) in [5.41, 5.74) is -1.67. The zero-order valence-corrected chi connectivity index (χ0v) is 16.4. The Morgan fingerprint density at radius 2 is 1.90 bits per heavy atom. The highest BCUT2D eigenvalue weighted by atomic mass is 19.1. The number of hydrogen-bond donors (Lipinski definition) is 1. The average Bonchev–Trinajstić information content (AvgIpc) is 2.63. The van der Waals surface area contributed by atoms with Gasteiger partial charge >= 0.3 is 6.09 Å². The number of halogens is 2. The number of hydrogen-bond acceptors (Lipinski definition) is 5. The quantitative estimate of drug-likeness (QED) is 0.723. The van der Waals surface area contributed by atoms with E-state index in [1.54, 1.807) is 39.8 Å². The number of rotatable bonds is 3. The lowest BCUT2D eigenvalue weighted by Gasteiger charge is -2.23. The number of fused-ring (bicyclic) bond motifs is 1. The van der Waals surface area contributed by atoms with Crippen molar-refractivity contribution in [1.82, 2.24) is 19.9 Å². The van der Waals surface area contributed by atoms with Gasteiger partial charge < -0.3 is 10.1 Å². The van der Waals surface area contributed by atoms with Gasteiger partial charge in [-0.3, -0.25) is 14.3 Å². The molecule has 1 amide bonds. The molecule has 152 valence electrons. The number of benzene rings is 1. The zero-order valence-electron chi connectivity index (χ0n) is 16.4. The number of carbonyl (C=O) groups is 1. The van der Waals surface area contributed by atoms with Gasteiger partial charge in [0.25, 0.3) is 5.56 Å². The Balaban J connectivity index is 2.21. The van der Waals surface area contributed by atoms with Crippen LogP contribution < -0.4 is 10.9 Å². The third-order valence-corrected chi connectivity index (χ3v) is 3.97. The fourth-order valence-electron chi connectivity index (χ4n) is 2.81. The Hall–Kier alpha value is -3.36. The lowest BCUT2D eigenvalue weighted by atomic mass is 10.2.